The van der Waals surface area contributed by atoms with E-state index in [0.717, 1.165) is 17.7 Å². The average Bonchev–Trinajstić information content (AvgIpc) is 2.62. The van der Waals surface area contributed by atoms with Gasteiger partial charge in [-0.25, -0.2) is 0 Å². The summed E-state index contributed by atoms with van der Waals surface area (Å²) in [5.41, 5.74) is 6.04. The van der Waals surface area contributed by atoms with E-state index in [2.05, 4.69) is 15.2 Å². The van der Waals surface area contributed by atoms with Crippen LogP contribution in [0, 0.1) is 0 Å². The van der Waals surface area contributed by atoms with Crippen LogP contribution in [0.1, 0.15) is 24.1 Å². The molecule has 2 unspecified atom stereocenters. The standard InChI is InChI=1S/C18H27F3N4O2.HI/c1-13(12-26-2)24-17(22)23-11-16(25-7-9-27-10-8-25)14-3-5-15(6-4-14)18(19,20)21;/h3-6,13,16H,7-12H2,1-2H3,(H3,22,23,24);1H. The van der Waals surface area contributed by atoms with Crippen molar-refractivity contribution in [3.05, 3.63) is 35.4 Å². The number of rotatable bonds is 7. The predicted molar refractivity (Wildman–Crippen MR) is 113 cm³/mol. The van der Waals surface area contributed by atoms with Gasteiger partial charge in [-0.15, -0.1) is 24.0 Å². The Morgan fingerprint density at radius 3 is 2.43 bits per heavy atom. The van der Waals surface area contributed by atoms with Crippen molar-refractivity contribution < 1.29 is 22.6 Å². The second-order valence-corrected chi connectivity index (χ2v) is 6.51. The van der Waals surface area contributed by atoms with Crippen LogP contribution in [0.4, 0.5) is 13.2 Å². The third kappa shape index (κ3) is 7.72. The summed E-state index contributed by atoms with van der Waals surface area (Å²) < 4.78 is 48.9. The molecule has 0 bridgehead atoms. The van der Waals surface area contributed by atoms with E-state index in [1.54, 1.807) is 7.11 Å². The maximum absolute atomic E-state index is 12.8. The number of guanidine groups is 1. The number of nitrogens with one attached hydrogen (secondary N) is 1. The minimum Gasteiger partial charge on any atom is -0.383 e. The Kier molecular flexibility index (Phi) is 10.5. The number of morpholine rings is 1. The highest BCUT2D eigenvalue weighted by atomic mass is 127. The number of alkyl halides is 3. The predicted octanol–water partition coefficient (Wildman–Crippen LogP) is 2.64. The first-order valence-corrected chi connectivity index (χ1v) is 8.85. The Morgan fingerprint density at radius 1 is 1.29 bits per heavy atom. The maximum atomic E-state index is 12.8. The van der Waals surface area contributed by atoms with Crippen molar-refractivity contribution in [2.75, 3.05) is 46.6 Å². The van der Waals surface area contributed by atoms with Crippen LogP contribution in [0.5, 0.6) is 0 Å². The molecule has 2 rings (SSSR count). The molecule has 0 spiro atoms. The van der Waals surface area contributed by atoms with E-state index in [9.17, 15) is 13.2 Å². The van der Waals surface area contributed by atoms with Crippen molar-refractivity contribution in [1.82, 2.24) is 10.2 Å². The summed E-state index contributed by atoms with van der Waals surface area (Å²) in [6.45, 7) is 5.29. The van der Waals surface area contributed by atoms with Crippen LogP contribution in [0.3, 0.4) is 0 Å². The molecule has 0 aliphatic carbocycles. The van der Waals surface area contributed by atoms with Crippen molar-refractivity contribution in [3.63, 3.8) is 0 Å². The fourth-order valence-electron chi connectivity index (χ4n) is 2.99. The molecule has 160 valence electrons. The van der Waals surface area contributed by atoms with Gasteiger partial charge in [0.25, 0.3) is 0 Å². The number of ether oxygens (including phenoxy) is 2. The molecule has 6 nitrogen and oxygen atoms in total. The molecule has 2 atom stereocenters. The first kappa shape index (κ1) is 24.9. The van der Waals surface area contributed by atoms with Gasteiger partial charge in [-0.3, -0.25) is 9.89 Å². The van der Waals surface area contributed by atoms with Gasteiger partial charge in [0.05, 0.1) is 38.0 Å². The number of halogens is 4. The van der Waals surface area contributed by atoms with Crippen LogP contribution in [0.25, 0.3) is 0 Å². The monoisotopic (exact) mass is 516 g/mol. The van der Waals surface area contributed by atoms with E-state index < -0.39 is 11.7 Å². The molecule has 1 aliphatic heterocycles. The minimum atomic E-state index is -4.35. The van der Waals surface area contributed by atoms with Crippen LogP contribution in [-0.4, -0.2) is 63.5 Å². The number of aliphatic imine (C=N–C) groups is 1. The van der Waals surface area contributed by atoms with Crippen molar-refractivity contribution in [1.29, 1.82) is 0 Å². The summed E-state index contributed by atoms with van der Waals surface area (Å²) in [6.07, 6.45) is -4.35. The lowest BCUT2D eigenvalue weighted by Gasteiger charge is -2.34. The smallest absolute Gasteiger partial charge is 0.383 e. The van der Waals surface area contributed by atoms with Crippen molar-refractivity contribution in [2.45, 2.75) is 25.2 Å². The van der Waals surface area contributed by atoms with E-state index in [-0.39, 0.29) is 42.0 Å². The Morgan fingerprint density at radius 2 is 1.89 bits per heavy atom. The molecule has 1 fully saturated rings. The van der Waals surface area contributed by atoms with E-state index in [1.165, 1.54) is 12.1 Å². The molecule has 1 aromatic rings. The molecule has 0 aromatic heterocycles. The summed E-state index contributed by atoms with van der Waals surface area (Å²) in [7, 11) is 1.60. The number of hydrogen-bond donors (Lipinski definition) is 2. The largest absolute Gasteiger partial charge is 0.416 e. The van der Waals surface area contributed by atoms with Crippen LogP contribution in [0.15, 0.2) is 29.3 Å². The Balaban J connectivity index is 0.00000392. The molecular formula is C18H28F3IN4O2. The van der Waals surface area contributed by atoms with Gasteiger partial charge in [0.1, 0.15) is 0 Å². The molecule has 28 heavy (non-hydrogen) atoms. The van der Waals surface area contributed by atoms with E-state index in [0.29, 0.717) is 39.5 Å². The number of nitrogens with zero attached hydrogens (tertiary/aromatic N) is 2. The number of hydrogen-bond acceptors (Lipinski definition) is 4. The maximum Gasteiger partial charge on any atom is 0.416 e. The summed E-state index contributed by atoms with van der Waals surface area (Å²) in [4.78, 5) is 6.55. The van der Waals surface area contributed by atoms with Crippen LogP contribution in [-0.2, 0) is 15.7 Å². The van der Waals surface area contributed by atoms with Gasteiger partial charge < -0.3 is 20.5 Å². The van der Waals surface area contributed by atoms with Crippen LogP contribution in [0.2, 0.25) is 0 Å². The van der Waals surface area contributed by atoms with Crippen LogP contribution >= 0.6 is 24.0 Å². The van der Waals surface area contributed by atoms with Crippen molar-refractivity contribution >= 4 is 29.9 Å². The SMILES string of the molecule is COCC(C)NC(N)=NCC(c1ccc(C(F)(F)F)cc1)N1CCOCC1.I. The summed E-state index contributed by atoms with van der Waals surface area (Å²) >= 11 is 0. The Bertz CT molecular complexity index is 608. The summed E-state index contributed by atoms with van der Waals surface area (Å²) in [6, 6.07) is 5.07. The van der Waals surface area contributed by atoms with Crippen LogP contribution < -0.4 is 11.1 Å². The van der Waals surface area contributed by atoms with Gasteiger partial charge in [0, 0.05) is 26.2 Å². The number of methoxy groups -OCH3 is 1. The molecule has 1 aliphatic rings. The first-order valence-electron chi connectivity index (χ1n) is 8.85. The lowest BCUT2D eigenvalue weighted by Crippen LogP contribution is -2.43. The quantitative estimate of drug-likeness (QED) is 0.332. The lowest BCUT2D eigenvalue weighted by molar-refractivity contribution is -0.137. The molecule has 3 N–H and O–H groups in total. The second kappa shape index (κ2) is 11.8. The van der Waals surface area contributed by atoms with Gasteiger partial charge in [-0.05, 0) is 24.6 Å². The average molecular weight is 516 g/mol. The van der Waals surface area contributed by atoms with Gasteiger partial charge >= 0.3 is 6.18 Å². The Labute approximate surface area is 180 Å². The summed E-state index contributed by atoms with van der Waals surface area (Å²) in [5, 5.41) is 3.03. The zero-order valence-electron chi connectivity index (χ0n) is 16.0. The van der Waals surface area contributed by atoms with Crippen molar-refractivity contribution in [3.8, 4) is 0 Å². The highest BCUT2D eigenvalue weighted by Crippen LogP contribution is 2.31. The molecule has 1 saturated heterocycles. The van der Waals surface area contributed by atoms with E-state index in [4.69, 9.17) is 15.2 Å². The molecule has 1 heterocycles. The molecule has 10 heteroatoms. The van der Waals surface area contributed by atoms with E-state index in [1.807, 2.05) is 6.92 Å². The number of nitrogens with two attached hydrogens (primary N) is 1. The highest BCUT2D eigenvalue weighted by Gasteiger charge is 2.31. The second-order valence-electron chi connectivity index (χ2n) is 6.51. The topological polar surface area (TPSA) is 72.1 Å². The molecular weight excluding hydrogens is 488 g/mol. The molecule has 1 aromatic carbocycles. The fourth-order valence-corrected chi connectivity index (χ4v) is 2.99. The van der Waals surface area contributed by atoms with Gasteiger partial charge in [0.2, 0.25) is 0 Å². The lowest BCUT2D eigenvalue weighted by atomic mass is 10.0. The molecule has 0 amide bonds. The van der Waals surface area contributed by atoms with E-state index >= 15 is 0 Å². The summed E-state index contributed by atoms with van der Waals surface area (Å²) in [5.74, 6) is 0.282. The third-order valence-corrected chi connectivity index (χ3v) is 4.35. The molecule has 0 saturated carbocycles. The van der Waals surface area contributed by atoms with Gasteiger partial charge in [0.15, 0.2) is 5.96 Å². The zero-order chi connectivity index (χ0) is 19.9. The van der Waals surface area contributed by atoms with Gasteiger partial charge in [-0.1, -0.05) is 12.1 Å². The third-order valence-electron chi connectivity index (χ3n) is 4.35. The number of benzene rings is 1. The normalized spacial score (nSPS) is 18.2. The minimum absolute atomic E-state index is 0. The highest BCUT2D eigenvalue weighted by molar-refractivity contribution is 14.0. The fraction of sp³-hybridized carbons (Fsp3) is 0.611. The van der Waals surface area contributed by atoms with Gasteiger partial charge in [-0.2, -0.15) is 13.2 Å². The molecule has 0 radical (unpaired) electrons. The zero-order valence-corrected chi connectivity index (χ0v) is 18.4. The first-order chi connectivity index (χ1) is 12.8. The van der Waals surface area contributed by atoms with Crippen molar-refractivity contribution in [2.24, 2.45) is 10.7 Å². The Hall–Kier alpha value is -1.11.